The molecule has 0 atom stereocenters. The number of halogens is 1. The highest BCUT2D eigenvalue weighted by molar-refractivity contribution is 6.30. The maximum Gasteiger partial charge on any atom is 0.359 e. The molecule has 2 rings (SSSR count). The minimum absolute atomic E-state index is 0.114. The van der Waals surface area contributed by atoms with Crippen molar-refractivity contribution in [3.05, 3.63) is 41.2 Å². The third-order valence-electron chi connectivity index (χ3n) is 2.98. The number of rotatable bonds is 6. The molecule has 5 N–H and O–H groups in total. The molecule has 1 aromatic heterocycles. The maximum atomic E-state index is 11.6. The standard InChI is InChI=1S/C13H17ClN8O/c14-9-1-3-10(4-2-9)18-20-13(23)17-7-11-8-22(21-19-11)12(5-15)6-16/h1-4,8,12H,5-7,15-16H2,(H,17,23). The molecule has 9 nitrogen and oxygen atoms in total. The van der Waals surface area contributed by atoms with Crippen LogP contribution >= 0.6 is 11.6 Å². The average Bonchev–Trinajstić information content (AvgIpc) is 3.02. The Morgan fingerprint density at radius 1 is 1.30 bits per heavy atom. The molecule has 2 amide bonds. The summed E-state index contributed by atoms with van der Waals surface area (Å²) in [5.74, 6) is 0. The second kappa shape index (κ2) is 8.32. The molecule has 0 radical (unpaired) electrons. The normalized spacial score (nSPS) is 11.3. The summed E-state index contributed by atoms with van der Waals surface area (Å²) < 4.78 is 1.58. The van der Waals surface area contributed by atoms with Crippen molar-refractivity contribution in [1.82, 2.24) is 20.3 Å². The van der Waals surface area contributed by atoms with Crippen molar-refractivity contribution in [3.63, 3.8) is 0 Å². The van der Waals surface area contributed by atoms with Gasteiger partial charge in [-0.15, -0.1) is 10.2 Å². The van der Waals surface area contributed by atoms with Crippen molar-refractivity contribution < 1.29 is 4.79 Å². The van der Waals surface area contributed by atoms with E-state index in [0.717, 1.165) is 0 Å². The van der Waals surface area contributed by atoms with Gasteiger partial charge in [-0.3, -0.25) is 0 Å². The molecule has 23 heavy (non-hydrogen) atoms. The van der Waals surface area contributed by atoms with Gasteiger partial charge in [0, 0.05) is 18.1 Å². The molecular formula is C13H17ClN8O. The largest absolute Gasteiger partial charge is 0.359 e. The van der Waals surface area contributed by atoms with Gasteiger partial charge in [-0.25, -0.2) is 9.48 Å². The van der Waals surface area contributed by atoms with E-state index >= 15 is 0 Å². The van der Waals surface area contributed by atoms with Crippen molar-refractivity contribution in [2.75, 3.05) is 13.1 Å². The van der Waals surface area contributed by atoms with Crippen LogP contribution in [0.1, 0.15) is 11.7 Å². The van der Waals surface area contributed by atoms with E-state index in [0.29, 0.717) is 29.5 Å². The van der Waals surface area contributed by atoms with Gasteiger partial charge in [0.15, 0.2) is 0 Å². The zero-order chi connectivity index (χ0) is 16.7. The lowest BCUT2D eigenvalue weighted by Crippen LogP contribution is -2.27. The van der Waals surface area contributed by atoms with Gasteiger partial charge in [0.1, 0.15) is 5.69 Å². The molecule has 2 aromatic rings. The van der Waals surface area contributed by atoms with E-state index in [1.54, 1.807) is 35.1 Å². The SMILES string of the molecule is NCC(CN)n1cc(CNC(=O)N=Nc2ccc(Cl)cc2)nn1. The number of carbonyl (C=O) groups is 1. The third-order valence-corrected chi connectivity index (χ3v) is 3.23. The second-order valence-electron chi connectivity index (χ2n) is 4.65. The van der Waals surface area contributed by atoms with E-state index in [1.165, 1.54) is 0 Å². The Balaban J connectivity index is 1.85. The van der Waals surface area contributed by atoms with Crippen LogP contribution in [0, 0.1) is 0 Å². The number of nitrogens with two attached hydrogens (primary N) is 2. The lowest BCUT2D eigenvalue weighted by Gasteiger charge is -2.10. The first kappa shape index (κ1) is 17.0. The quantitative estimate of drug-likeness (QED) is 0.684. The Morgan fingerprint density at radius 2 is 2.00 bits per heavy atom. The van der Waals surface area contributed by atoms with E-state index < -0.39 is 6.03 Å². The summed E-state index contributed by atoms with van der Waals surface area (Å²) in [5, 5.41) is 18.4. The van der Waals surface area contributed by atoms with Crippen LogP contribution in [-0.4, -0.2) is 34.1 Å². The Labute approximate surface area is 137 Å². The van der Waals surface area contributed by atoms with Crippen molar-refractivity contribution in [2.24, 2.45) is 21.7 Å². The molecule has 0 saturated heterocycles. The zero-order valence-electron chi connectivity index (χ0n) is 12.3. The highest BCUT2D eigenvalue weighted by Gasteiger charge is 2.10. The van der Waals surface area contributed by atoms with Gasteiger partial charge in [0.05, 0.1) is 24.5 Å². The first-order chi connectivity index (χ1) is 11.1. The lowest BCUT2D eigenvalue weighted by atomic mass is 10.3. The monoisotopic (exact) mass is 336 g/mol. The molecule has 0 bridgehead atoms. The van der Waals surface area contributed by atoms with E-state index in [2.05, 4.69) is 25.9 Å². The summed E-state index contributed by atoms with van der Waals surface area (Å²) >= 11 is 5.75. The number of amides is 2. The summed E-state index contributed by atoms with van der Waals surface area (Å²) in [4.78, 5) is 11.6. The van der Waals surface area contributed by atoms with Crippen LogP contribution in [0.5, 0.6) is 0 Å². The van der Waals surface area contributed by atoms with Crippen LogP contribution in [-0.2, 0) is 6.54 Å². The number of azo groups is 1. The van der Waals surface area contributed by atoms with Crippen LogP contribution in [0.3, 0.4) is 0 Å². The fraction of sp³-hybridized carbons (Fsp3) is 0.308. The Bertz CT molecular complexity index is 665. The van der Waals surface area contributed by atoms with Crippen molar-refractivity contribution in [3.8, 4) is 0 Å². The van der Waals surface area contributed by atoms with E-state index in [9.17, 15) is 4.79 Å². The average molecular weight is 337 g/mol. The predicted molar refractivity (Wildman–Crippen MR) is 85.4 cm³/mol. The maximum absolute atomic E-state index is 11.6. The molecule has 122 valence electrons. The van der Waals surface area contributed by atoms with Gasteiger partial charge < -0.3 is 16.8 Å². The molecule has 0 aliphatic rings. The molecule has 0 aliphatic heterocycles. The number of nitrogens with zero attached hydrogens (tertiary/aromatic N) is 5. The summed E-state index contributed by atoms with van der Waals surface area (Å²) in [6.07, 6.45) is 1.68. The van der Waals surface area contributed by atoms with Gasteiger partial charge in [-0.1, -0.05) is 21.9 Å². The molecule has 0 fully saturated rings. The molecule has 0 saturated carbocycles. The minimum atomic E-state index is -0.580. The molecule has 1 heterocycles. The zero-order valence-corrected chi connectivity index (χ0v) is 13.0. The predicted octanol–water partition coefficient (Wildman–Crippen LogP) is 1.38. The summed E-state index contributed by atoms with van der Waals surface area (Å²) in [7, 11) is 0. The molecule has 0 unspecified atom stereocenters. The number of urea groups is 1. The summed E-state index contributed by atoms with van der Waals surface area (Å²) in [6.45, 7) is 0.905. The van der Waals surface area contributed by atoms with Crippen molar-refractivity contribution in [1.29, 1.82) is 0 Å². The molecule has 1 aromatic carbocycles. The topological polar surface area (TPSA) is 137 Å². The number of benzene rings is 1. The first-order valence-corrected chi connectivity index (χ1v) is 7.26. The second-order valence-corrected chi connectivity index (χ2v) is 5.09. The van der Waals surface area contributed by atoms with Crippen LogP contribution in [0.2, 0.25) is 5.02 Å². The highest BCUT2D eigenvalue weighted by atomic mass is 35.5. The smallest absolute Gasteiger partial charge is 0.329 e. The van der Waals surface area contributed by atoms with Gasteiger partial charge in [-0.05, 0) is 24.3 Å². The minimum Gasteiger partial charge on any atom is -0.329 e. The Kier molecular flexibility index (Phi) is 6.15. The van der Waals surface area contributed by atoms with E-state index in [4.69, 9.17) is 23.1 Å². The van der Waals surface area contributed by atoms with Crippen LogP contribution in [0.25, 0.3) is 0 Å². The van der Waals surface area contributed by atoms with Crippen molar-refractivity contribution >= 4 is 23.3 Å². The van der Waals surface area contributed by atoms with Gasteiger partial charge in [-0.2, -0.15) is 0 Å². The summed E-state index contributed by atoms with van der Waals surface area (Å²) in [6, 6.07) is 5.95. The van der Waals surface area contributed by atoms with E-state index in [1.807, 2.05) is 0 Å². The van der Waals surface area contributed by atoms with Crippen LogP contribution in [0.4, 0.5) is 10.5 Å². The molecule has 0 aliphatic carbocycles. The first-order valence-electron chi connectivity index (χ1n) is 6.88. The van der Waals surface area contributed by atoms with Gasteiger partial charge in [0.25, 0.3) is 0 Å². The fourth-order valence-electron chi connectivity index (χ4n) is 1.70. The number of hydrogen-bond donors (Lipinski definition) is 3. The lowest BCUT2D eigenvalue weighted by molar-refractivity contribution is 0.247. The van der Waals surface area contributed by atoms with Gasteiger partial charge in [0.2, 0.25) is 0 Å². The fourth-order valence-corrected chi connectivity index (χ4v) is 1.82. The van der Waals surface area contributed by atoms with Gasteiger partial charge >= 0.3 is 6.03 Å². The van der Waals surface area contributed by atoms with Crippen LogP contribution in [0.15, 0.2) is 40.7 Å². The molecule has 10 heteroatoms. The van der Waals surface area contributed by atoms with Crippen LogP contribution < -0.4 is 16.8 Å². The number of carbonyl (C=O) groups excluding carboxylic acids is 1. The number of nitrogens with one attached hydrogen (secondary N) is 1. The highest BCUT2D eigenvalue weighted by Crippen LogP contribution is 2.16. The molecule has 0 spiro atoms. The summed E-state index contributed by atoms with van der Waals surface area (Å²) in [5.41, 5.74) is 12.3. The third kappa shape index (κ3) is 5.09. The van der Waals surface area contributed by atoms with E-state index in [-0.39, 0.29) is 12.6 Å². The Hall–Kier alpha value is -2.36. The number of aromatic nitrogens is 3. The number of hydrogen-bond acceptors (Lipinski definition) is 6. The van der Waals surface area contributed by atoms with Crippen molar-refractivity contribution in [2.45, 2.75) is 12.6 Å². The molecular weight excluding hydrogens is 320 g/mol. The Morgan fingerprint density at radius 3 is 2.65 bits per heavy atom.